The van der Waals surface area contributed by atoms with Gasteiger partial charge in [0.15, 0.2) is 0 Å². The molecule has 0 spiro atoms. The van der Waals surface area contributed by atoms with Crippen molar-refractivity contribution in [1.29, 1.82) is 0 Å². The first-order chi connectivity index (χ1) is 10.9. The largest absolute Gasteiger partial charge is 0.331 e. The number of hydrogen-bond acceptors (Lipinski definition) is 4. The zero-order chi connectivity index (χ0) is 16.6. The van der Waals surface area contributed by atoms with Crippen LogP contribution in [0.1, 0.15) is 12.8 Å². The van der Waals surface area contributed by atoms with Gasteiger partial charge in [-0.1, -0.05) is 0 Å². The van der Waals surface area contributed by atoms with Crippen molar-refractivity contribution < 1.29 is 13.2 Å². The molecule has 0 unspecified atom stereocenters. The highest BCUT2D eigenvalue weighted by atomic mass is 32.2. The van der Waals surface area contributed by atoms with Gasteiger partial charge in [0.2, 0.25) is 10.0 Å². The first-order valence-electron chi connectivity index (χ1n) is 7.77. The molecule has 2 bridgehead atoms. The highest BCUT2D eigenvalue weighted by Gasteiger charge is 2.42. The molecule has 1 aromatic heterocycles. The molecule has 0 aliphatic carbocycles. The Morgan fingerprint density at radius 2 is 2.04 bits per heavy atom. The summed E-state index contributed by atoms with van der Waals surface area (Å²) in [4.78, 5) is 19.7. The van der Waals surface area contributed by atoms with Gasteiger partial charge in [0.25, 0.3) is 0 Å². The molecule has 3 aliphatic heterocycles. The maximum absolute atomic E-state index is 12.9. The van der Waals surface area contributed by atoms with E-state index in [1.54, 1.807) is 46.5 Å². The van der Waals surface area contributed by atoms with Gasteiger partial charge in [0.05, 0.1) is 0 Å². The number of aromatic nitrogens is 1. The van der Waals surface area contributed by atoms with Crippen LogP contribution < -0.4 is 0 Å². The number of fused-ring (bicyclic) bond motifs is 4. The van der Waals surface area contributed by atoms with Crippen molar-refractivity contribution in [3.8, 4) is 0 Å². The van der Waals surface area contributed by atoms with Gasteiger partial charge in [0, 0.05) is 52.2 Å². The molecule has 7 nitrogen and oxygen atoms in total. The number of rotatable bonds is 2. The second-order valence-electron chi connectivity index (χ2n) is 6.44. The maximum Gasteiger partial charge on any atom is 0.319 e. The van der Waals surface area contributed by atoms with Gasteiger partial charge < -0.3 is 9.80 Å². The predicted octanol–water partition coefficient (Wildman–Crippen LogP) is 0.848. The molecule has 0 aromatic carbocycles. The van der Waals surface area contributed by atoms with Crippen LogP contribution in [0.4, 0.5) is 4.79 Å². The van der Waals surface area contributed by atoms with Crippen LogP contribution in [0.5, 0.6) is 0 Å². The lowest BCUT2D eigenvalue weighted by molar-refractivity contribution is 0.167. The monoisotopic (exact) mass is 338 g/mol. The molecule has 0 radical (unpaired) electrons. The summed E-state index contributed by atoms with van der Waals surface area (Å²) >= 11 is 0. The number of hydrogen-bond donors (Lipinski definition) is 0. The minimum absolute atomic E-state index is 0.0532. The maximum atomic E-state index is 12.9. The van der Waals surface area contributed by atoms with Crippen molar-refractivity contribution in [2.24, 2.45) is 5.92 Å². The molecule has 8 heteroatoms. The molecule has 3 saturated heterocycles. The summed E-state index contributed by atoms with van der Waals surface area (Å²) in [7, 11) is -0.123. The Morgan fingerprint density at radius 3 is 2.70 bits per heavy atom. The summed E-state index contributed by atoms with van der Waals surface area (Å²) in [6.45, 7) is 1.54. The van der Waals surface area contributed by atoms with E-state index >= 15 is 0 Å². The van der Waals surface area contributed by atoms with E-state index in [0.29, 0.717) is 19.6 Å². The lowest BCUT2D eigenvalue weighted by atomic mass is 9.97. The Balaban J connectivity index is 1.88. The van der Waals surface area contributed by atoms with Gasteiger partial charge in [-0.15, -0.1) is 0 Å². The highest BCUT2D eigenvalue weighted by molar-refractivity contribution is 7.89. The number of carbonyl (C=O) groups is 1. The van der Waals surface area contributed by atoms with Gasteiger partial charge in [-0.3, -0.25) is 4.98 Å². The fourth-order valence-corrected chi connectivity index (χ4v) is 5.09. The number of piperidine rings is 1. The van der Waals surface area contributed by atoms with Gasteiger partial charge in [-0.25, -0.2) is 13.2 Å². The smallest absolute Gasteiger partial charge is 0.319 e. The number of carbonyl (C=O) groups excluding carboxylic acids is 1. The van der Waals surface area contributed by atoms with E-state index < -0.39 is 10.0 Å². The first kappa shape index (κ1) is 16.2. The van der Waals surface area contributed by atoms with Gasteiger partial charge in [-0.05, 0) is 30.9 Å². The highest BCUT2D eigenvalue weighted by Crippen LogP contribution is 2.32. The second-order valence-corrected chi connectivity index (χ2v) is 8.33. The molecule has 4 heterocycles. The van der Waals surface area contributed by atoms with Crippen LogP contribution in [0.15, 0.2) is 29.4 Å². The number of amides is 2. The predicted molar refractivity (Wildman–Crippen MR) is 85.3 cm³/mol. The van der Waals surface area contributed by atoms with Crippen molar-refractivity contribution in [2.75, 3.05) is 33.7 Å². The van der Waals surface area contributed by atoms with E-state index in [0.717, 1.165) is 12.8 Å². The van der Waals surface area contributed by atoms with E-state index in [9.17, 15) is 13.2 Å². The van der Waals surface area contributed by atoms with Crippen LogP contribution in [0.3, 0.4) is 0 Å². The summed E-state index contributed by atoms with van der Waals surface area (Å²) in [5.74, 6) is 0.184. The van der Waals surface area contributed by atoms with Crippen LogP contribution in [-0.4, -0.2) is 73.3 Å². The molecule has 0 N–H and O–H groups in total. The van der Waals surface area contributed by atoms with Crippen molar-refractivity contribution in [2.45, 2.75) is 23.8 Å². The zero-order valence-corrected chi connectivity index (χ0v) is 14.2. The third kappa shape index (κ3) is 3.05. The second kappa shape index (κ2) is 6.09. The molecule has 2 amide bonds. The van der Waals surface area contributed by atoms with E-state index in [1.807, 2.05) is 0 Å². The Bertz CT molecular complexity index is 677. The van der Waals surface area contributed by atoms with Crippen molar-refractivity contribution in [1.82, 2.24) is 19.1 Å². The molecule has 3 aliphatic rings. The fourth-order valence-electron chi connectivity index (χ4n) is 3.41. The summed E-state index contributed by atoms with van der Waals surface area (Å²) in [6.07, 6.45) is 4.70. The first-order valence-corrected chi connectivity index (χ1v) is 9.21. The van der Waals surface area contributed by atoms with Crippen molar-refractivity contribution in [3.63, 3.8) is 0 Å². The van der Waals surface area contributed by atoms with Gasteiger partial charge in [-0.2, -0.15) is 4.31 Å². The third-order valence-electron chi connectivity index (χ3n) is 4.56. The van der Waals surface area contributed by atoms with Crippen LogP contribution in [-0.2, 0) is 10.0 Å². The quantitative estimate of drug-likeness (QED) is 0.801. The number of urea groups is 1. The van der Waals surface area contributed by atoms with Gasteiger partial charge >= 0.3 is 6.03 Å². The molecule has 1 aromatic rings. The minimum atomic E-state index is -3.57. The Morgan fingerprint density at radius 1 is 1.26 bits per heavy atom. The molecule has 3 fully saturated rings. The van der Waals surface area contributed by atoms with Crippen LogP contribution >= 0.6 is 0 Å². The Labute approximate surface area is 136 Å². The Kier molecular flexibility index (Phi) is 4.29. The van der Waals surface area contributed by atoms with Gasteiger partial charge in [0.1, 0.15) is 4.90 Å². The molecule has 0 saturated carbocycles. The number of sulfonamides is 1. The fraction of sp³-hybridized carbons (Fsp3) is 0.600. The zero-order valence-electron chi connectivity index (χ0n) is 13.4. The molecule has 23 heavy (non-hydrogen) atoms. The van der Waals surface area contributed by atoms with E-state index in [1.165, 1.54) is 6.20 Å². The average molecular weight is 338 g/mol. The number of pyridine rings is 1. The van der Waals surface area contributed by atoms with Crippen LogP contribution in [0, 0.1) is 5.92 Å². The van der Waals surface area contributed by atoms with Crippen molar-refractivity contribution in [3.05, 3.63) is 24.5 Å². The normalized spacial score (nSPS) is 25.2. The summed E-state index contributed by atoms with van der Waals surface area (Å²) < 4.78 is 27.4. The van der Waals surface area contributed by atoms with E-state index in [2.05, 4.69) is 4.98 Å². The number of nitrogens with zero attached hydrogens (tertiary/aromatic N) is 4. The van der Waals surface area contributed by atoms with E-state index in [-0.39, 0.29) is 22.9 Å². The lowest BCUT2D eigenvalue weighted by Gasteiger charge is -2.34. The SMILES string of the molecule is CN(C)C(=O)N1C[C@H]2CC[C@@H](C1)N(S(=O)(=O)c1cccnc1)C2. The molecule has 4 rings (SSSR count). The van der Waals surface area contributed by atoms with Crippen molar-refractivity contribution >= 4 is 16.1 Å². The summed E-state index contributed by atoms with van der Waals surface area (Å²) in [5, 5.41) is 0. The molecule has 2 atom stereocenters. The molecular formula is C15H22N4O3S. The third-order valence-corrected chi connectivity index (χ3v) is 6.46. The average Bonchev–Trinajstić information content (AvgIpc) is 2.86. The molecular weight excluding hydrogens is 316 g/mol. The Hall–Kier alpha value is -1.67. The lowest BCUT2D eigenvalue weighted by Crippen LogP contribution is -2.48. The minimum Gasteiger partial charge on any atom is -0.331 e. The van der Waals surface area contributed by atoms with Crippen LogP contribution in [0.25, 0.3) is 0 Å². The van der Waals surface area contributed by atoms with E-state index in [4.69, 9.17) is 0 Å². The topological polar surface area (TPSA) is 73.8 Å². The summed E-state index contributed by atoms with van der Waals surface area (Å²) in [5.41, 5.74) is 0. The standard InChI is InChI=1S/C15H22N4O3S/c1-17(2)15(20)18-9-12-5-6-13(11-18)19(10-12)23(21,22)14-4-3-7-16-8-14/h3-4,7-8,12-13H,5-6,9-11H2,1-2H3/t12-,13+/m1/s1. The summed E-state index contributed by atoms with van der Waals surface area (Å²) in [6, 6.07) is 2.99. The molecule has 126 valence electrons. The van der Waals surface area contributed by atoms with Crippen LogP contribution in [0.2, 0.25) is 0 Å².